The van der Waals surface area contributed by atoms with Crippen LogP contribution in [-0.4, -0.2) is 16.9 Å². The Bertz CT molecular complexity index is 946. The highest BCUT2D eigenvalue weighted by atomic mass is 19.1. The van der Waals surface area contributed by atoms with Crippen LogP contribution in [0.4, 0.5) is 4.39 Å². The topological polar surface area (TPSA) is 55.1 Å². The van der Waals surface area contributed by atoms with Gasteiger partial charge in [0.05, 0.1) is 17.3 Å². The molecule has 5 heteroatoms. The fraction of sp³-hybridized carbons (Fsp3) is 0.238. The summed E-state index contributed by atoms with van der Waals surface area (Å²) in [4.78, 5) is 16.9. The van der Waals surface area contributed by atoms with Gasteiger partial charge in [0.2, 0.25) is 5.89 Å². The zero-order chi connectivity index (χ0) is 18.1. The minimum atomic E-state index is -0.375. The smallest absolute Gasteiger partial charge is 0.252 e. The normalized spacial score (nSPS) is 14.8. The second-order valence-electron chi connectivity index (χ2n) is 6.65. The predicted molar refractivity (Wildman–Crippen MR) is 97.0 cm³/mol. The Morgan fingerprint density at radius 3 is 2.58 bits per heavy atom. The van der Waals surface area contributed by atoms with Crippen molar-refractivity contribution in [2.24, 2.45) is 5.92 Å². The van der Waals surface area contributed by atoms with Crippen LogP contribution in [-0.2, 0) is 0 Å². The summed E-state index contributed by atoms with van der Waals surface area (Å²) in [6.45, 7) is 2.03. The van der Waals surface area contributed by atoms with Crippen LogP contribution in [0.1, 0.15) is 30.1 Å². The molecule has 0 bridgehead atoms. The molecule has 1 atom stereocenters. The van der Waals surface area contributed by atoms with Gasteiger partial charge in [-0.05, 0) is 49.9 Å². The van der Waals surface area contributed by atoms with Crippen LogP contribution >= 0.6 is 0 Å². The molecule has 4 rings (SSSR count). The van der Waals surface area contributed by atoms with Gasteiger partial charge in [0.1, 0.15) is 5.82 Å². The molecule has 1 amide bonds. The highest BCUT2D eigenvalue weighted by molar-refractivity contribution is 6.00. The van der Waals surface area contributed by atoms with Crippen molar-refractivity contribution in [1.82, 2.24) is 10.3 Å². The van der Waals surface area contributed by atoms with Gasteiger partial charge in [-0.1, -0.05) is 24.3 Å². The van der Waals surface area contributed by atoms with Crippen LogP contribution in [0.25, 0.3) is 22.8 Å². The molecule has 1 aliphatic rings. The van der Waals surface area contributed by atoms with E-state index >= 15 is 0 Å². The maximum absolute atomic E-state index is 14.0. The molecule has 4 nitrogen and oxygen atoms in total. The van der Waals surface area contributed by atoms with E-state index in [-0.39, 0.29) is 17.8 Å². The molecule has 1 heterocycles. The van der Waals surface area contributed by atoms with E-state index in [1.54, 1.807) is 36.4 Å². The molecule has 26 heavy (non-hydrogen) atoms. The fourth-order valence-electron chi connectivity index (χ4n) is 3.05. The molecule has 2 aromatic carbocycles. The molecule has 0 spiro atoms. The lowest BCUT2D eigenvalue weighted by molar-refractivity contribution is 0.0936. The second-order valence-corrected chi connectivity index (χ2v) is 6.65. The van der Waals surface area contributed by atoms with Crippen molar-refractivity contribution in [2.75, 3.05) is 0 Å². The largest absolute Gasteiger partial charge is 0.436 e. The van der Waals surface area contributed by atoms with Crippen LogP contribution in [0.3, 0.4) is 0 Å². The predicted octanol–water partition coefficient (Wildman–Crippen LogP) is 4.68. The Kier molecular flexibility index (Phi) is 4.29. The van der Waals surface area contributed by atoms with Crippen molar-refractivity contribution in [3.05, 3.63) is 66.1 Å². The Balaban J connectivity index is 1.64. The molecular formula is C21H19FN2O2. The Morgan fingerprint density at radius 1 is 1.15 bits per heavy atom. The monoisotopic (exact) mass is 350 g/mol. The summed E-state index contributed by atoms with van der Waals surface area (Å²) in [5, 5.41) is 3.05. The third-order valence-corrected chi connectivity index (χ3v) is 4.73. The lowest BCUT2D eigenvalue weighted by Crippen LogP contribution is -2.34. The number of amides is 1. The van der Waals surface area contributed by atoms with Gasteiger partial charge in [0.25, 0.3) is 5.91 Å². The minimum Gasteiger partial charge on any atom is -0.436 e. The Hall–Kier alpha value is -2.95. The van der Waals surface area contributed by atoms with Gasteiger partial charge in [-0.15, -0.1) is 0 Å². The van der Waals surface area contributed by atoms with E-state index < -0.39 is 0 Å². The quantitative estimate of drug-likeness (QED) is 0.727. The number of hydrogen-bond acceptors (Lipinski definition) is 3. The molecule has 1 unspecified atom stereocenters. The van der Waals surface area contributed by atoms with Crippen molar-refractivity contribution < 1.29 is 13.6 Å². The van der Waals surface area contributed by atoms with E-state index in [2.05, 4.69) is 10.3 Å². The SMILES string of the molecule is CC(NC(=O)c1ccccc1-c1ncc(-c2ccccc2F)o1)C1CC1. The first-order valence-corrected chi connectivity index (χ1v) is 8.74. The Morgan fingerprint density at radius 2 is 1.85 bits per heavy atom. The number of carbonyl (C=O) groups excluding carboxylic acids is 1. The molecular weight excluding hydrogens is 331 g/mol. The summed E-state index contributed by atoms with van der Waals surface area (Å²) >= 11 is 0. The van der Waals surface area contributed by atoms with Gasteiger partial charge in [-0.2, -0.15) is 0 Å². The van der Waals surface area contributed by atoms with E-state index in [0.29, 0.717) is 34.3 Å². The molecule has 0 saturated heterocycles. The lowest BCUT2D eigenvalue weighted by atomic mass is 10.1. The van der Waals surface area contributed by atoms with Crippen molar-refractivity contribution in [2.45, 2.75) is 25.8 Å². The molecule has 1 N–H and O–H groups in total. The fourth-order valence-corrected chi connectivity index (χ4v) is 3.05. The molecule has 0 aliphatic heterocycles. The van der Waals surface area contributed by atoms with E-state index in [1.807, 2.05) is 13.0 Å². The van der Waals surface area contributed by atoms with E-state index in [1.165, 1.54) is 12.3 Å². The second kappa shape index (κ2) is 6.75. The molecule has 132 valence electrons. The highest BCUT2D eigenvalue weighted by Crippen LogP contribution is 2.33. The van der Waals surface area contributed by atoms with Gasteiger partial charge in [-0.3, -0.25) is 4.79 Å². The van der Waals surface area contributed by atoms with Crippen molar-refractivity contribution in [3.8, 4) is 22.8 Å². The number of halogens is 1. The number of benzene rings is 2. The van der Waals surface area contributed by atoms with Crippen LogP contribution in [0, 0.1) is 11.7 Å². The summed E-state index contributed by atoms with van der Waals surface area (Å²) in [5.74, 6) is 0.679. The Labute approximate surface area is 151 Å². The van der Waals surface area contributed by atoms with Crippen LogP contribution in [0.2, 0.25) is 0 Å². The molecule has 0 radical (unpaired) electrons. The number of nitrogens with zero attached hydrogens (tertiary/aromatic N) is 1. The van der Waals surface area contributed by atoms with Gasteiger partial charge >= 0.3 is 0 Å². The van der Waals surface area contributed by atoms with Gasteiger partial charge in [0.15, 0.2) is 5.76 Å². The first kappa shape index (κ1) is 16.5. The summed E-state index contributed by atoms with van der Waals surface area (Å²) in [6, 6.07) is 13.7. The number of rotatable bonds is 5. The van der Waals surface area contributed by atoms with Crippen molar-refractivity contribution >= 4 is 5.91 Å². The zero-order valence-electron chi connectivity index (χ0n) is 14.4. The maximum atomic E-state index is 14.0. The standard InChI is InChI=1S/C21H19FN2O2/c1-13(14-10-11-14)24-20(25)15-6-2-3-7-16(15)21-23-12-19(26-21)17-8-4-5-9-18(17)22/h2-9,12-14H,10-11H2,1H3,(H,24,25). The number of hydrogen-bond donors (Lipinski definition) is 1. The molecule has 3 aromatic rings. The van der Waals surface area contributed by atoms with Crippen molar-refractivity contribution in [3.63, 3.8) is 0 Å². The summed E-state index contributed by atoms with van der Waals surface area (Å²) in [5.41, 5.74) is 1.44. The summed E-state index contributed by atoms with van der Waals surface area (Å²) < 4.78 is 19.7. The van der Waals surface area contributed by atoms with Gasteiger partial charge in [0, 0.05) is 11.6 Å². The molecule has 1 saturated carbocycles. The van der Waals surface area contributed by atoms with E-state index in [0.717, 1.165) is 12.8 Å². The lowest BCUT2D eigenvalue weighted by Gasteiger charge is -2.14. The van der Waals surface area contributed by atoms with E-state index in [9.17, 15) is 9.18 Å². The highest BCUT2D eigenvalue weighted by Gasteiger charge is 2.29. The van der Waals surface area contributed by atoms with Crippen LogP contribution < -0.4 is 5.32 Å². The first-order chi connectivity index (χ1) is 12.6. The summed E-state index contributed by atoms with van der Waals surface area (Å²) in [7, 11) is 0. The van der Waals surface area contributed by atoms with Crippen molar-refractivity contribution in [1.29, 1.82) is 0 Å². The third kappa shape index (κ3) is 3.25. The number of nitrogens with one attached hydrogen (secondary N) is 1. The number of oxazole rings is 1. The van der Waals surface area contributed by atoms with Crippen LogP contribution in [0.15, 0.2) is 59.1 Å². The summed E-state index contributed by atoms with van der Waals surface area (Å²) in [6.07, 6.45) is 3.80. The molecule has 1 aliphatic carbocycles. The number of carbonyl (C=O) groups is 1. The average Bonchev–Trinajstić information content (AvgIpc) is 3.40. The van der Waals surface area contributed by atoms with E-state index in [4.69, 9.17) is 4.42 Å². The van der Waals surface area contributed by atoms with Crippen LogP contribution in [0.5, 0.6) is 0 Å². The number of aromatic nitrogens is 1. The first-order valence-electron chi connectivity index (χ1n) is 8.74. The van der Waals surface area contributed by atoms with Gasteiger partial charge < -0.3 is 9.73 Å². The third-order valence-electron chi connectivity index (χ3n) is 4.73. The zero-order valence-corrected chi connectivity index (χ0v) is 14.4. The minimum absolute atomic E-state index is 0.147. The molecule has 1 aromatic heterocycles. The molecule has 1 fully saturated rings. The van der Waals surface area contributed by atoms with Gasteiger partial charge in [-0.25, -0.2) is 9.37 Å². The average molecular weight is 350 g/mol. The maximum Gasteiger partial charge on any atom is 0.252 e.